The second-order valence-electron chi connectivity index (χ2n) is 3.30. The Morgan fingerprint density at radius 3 is 2.44 bits per heavy atom. The third kappa shape index (κ3) is 3.84. The van der Waals surface area contributed by atoms with E-state index in [0.29, 0.717) is 0 Å². The highest BCUT2D eigenvalue weighted by Crippen LogP contribution is 2.32. The molecule has 1 aromatic heterocycles. The number of carbonyl (C=O) groups is 2. The minimum atomic E-state index is -4.46. The number of hydrogen-bond acceptors (Lipinski definition) is 4. The van der Waals surface area contributed by atoms with E-state index in [0.717, 1.165) is 17.1 Å². The first-order valence-electron chi connectivity index (χ1n) is 4.51. The molecule has 1 amide bonds. The average Bonchev–Trinajstić information content (AvgIpc) is 2.63. The van der Waals surface area contributed by atoms with Crippen molar-refractivity contribution in [2.24, 2.45) is 0 Å². The van der Waals surface area contributed by atoms with Gasteiger partial charge in [0.05, 0.1) is 12.7 Å². The van der Waals surface area contributed by atoms with Crippen molar-refractivity contribution < 1.29 is 34.2 Å². The summed E-state index contributed by atoms with van der Waals surface area (Å²) in [5.41, 5.74) is 0. The second-order valence-corrected chi connectivity index (χ2v) is 4.91. The van der Waals surface area contributed by atoms with E-state index in [1.54, 1.807) is 5.32 Å². The molecule has 0 aliphatic rings. The van der Waals surface area contributed by atoms with Gasteiger partial charge in [0.25, 0.3) is 0 Å². The molecule has 11 heteroatoms. The molecule has 0 saturated heterocycles. The summed E-state index contributed by atoms with van der Waals surface area (Å²) in [6, 6.07) is -1.47. The van der Waals surface area contributed by atoms with E-state index >= 15 is 0 Å². The number of nitrogens with zero attached hydrogens (tertiary/aromatic N) is 2. The fraction of sp³-hybridized carbons (Fsp3) is 0.286. The van der Waals surface area contributed by atoms with E-state index in [1.165, 1.54) is 0 Å². The normalized spacial score (nSPS) is 13.0. The summed E-state index contributed by atoms with van der Waals surface area (Å²) in [4.78, 5) is 38.7. The van der Waals surface area contributed by atoms with Crippen molar-refractivity contribution in [3.63, 3.8) is 0 Å². The Balaban J connectivity index is 2.82. The van der Waals surface area contributed by atoms with Crippen LogP contribution >= 0.6 is 7.60 Å². The molecule has 100 valence electrons. The molecule has 18 heavy (non-hydrogen) atoms. The molecule has 10 nitrogen and oxygen atoms in total. The van der Waals surface area contributed by atoms with Crippen LogP contribution in [0.15, 0.2) is 12.4 Å². The van der Waals surface area contributed by atoms with Crippen molar-refractivity contribution in [1.29, 1.82) is 0 Å². The number of amides is 1. The van der Waals surface area contributed by atoms with Gasteiger partial charge < -0.3 is 25.3 Å². The van der Waals surface area contributed by atoms with Gasteiger partial charge in [0.15, 0.2) is 0 Å². The van der Waals surface area contributed by atoms with Crippen LogP contribution < -0.4 is 10.6 Å². The van der Waals surface area contributed by atoms with Gasteiger partial charge in [-0.3, -0.25) is 9.25 Å². The lowest BCUT2D eigenvalue weighted by molar-refractivity contribution is -0.139. The van der Waals surface area contributed by atoms with Crippen LogP contribution in [0.5, 0.6) is 0 Å². The molecule has 0 bridgehead atoms. The summed E-state index contributed by atoms with van der Waals surface area (Å²) in [5, 5.41) is 22.1. The predicted molar refractivity (Wildman–Crippen MR) is 56.5 cm³/mol. The number of carboxylic acids is 1. The minimum Gasteiger partial charge on any atom is -0.480 e. The number of aliphatic carboxylic acids is 1. The summed E-state index contributed by atoms with van der Waals surface area (Å²) in [7, 11) is -4.46. The lowest BCUT2D eigenvalue weighted by Crippen LogP contribution is -2.43. The van der Waals surface area contributed by atoms with E-state index in [9.17, 15) is 14.2 Å². The number of aromatic nitrogens is 2. The van der Waals surface area contributed by atoms with Crippen molar-refractivity contribution in [3.8, 4) is 0 Å². The molecule has 1 rings (SSSR count). The molecule has 0 unspecified atom stereocenters. The smallest absolute Gasteiger partial charge is 0.405 e. The summed E-state index contributed by atoms with van der Waals surface area (Å²) in [5.74, 6) is -1.43. The number of rotatable bonds is 5. The molecule has 0 saturated carbocycles. The van der Waals surface area contributed by atoms with Crippen LogP contribution in [0.3, 0.4) is 0 Å². The Bertz CT molecular complexity index is 507. The van der Waals surface area contributed by atoms with Crippen LogP contribution in [0.1, 0.15) is 0 Å². The second kappa shape index (κ2) is 5.17. The lowest BCUT2D eigenvalue weighted by Gasteiger charge is -2.11. The summed E-state index contributed by atoms with van der Waals surface area (Å²) >= 11 is 0. The van der Waals surface area contributed by atoms with Gasteiger partial charge in [-0.2, -0.15) is 5.10 Å². The van der Waals surface area contributed by atoms with Crippen molar-refractivity contribution in [2.45, 2.75) is 12.6 Å². The van der Waals surface area contributed by atoms with Gasteiger partial charge in [-0.25, -0.2) is 9.59 Å². The highest BCUT2D eigenvalue weighted by atomic mass is 31.2. The molecule has 0 aliphatic carbocycles. The zero-order valence-corrected chi connectivity index (χ0v) is 9.69. The molecule has 0 radical (unpaired) electrons. The first-order valence-corrected chi connectivity index (χ1v) is 6.12. The Kier molecular flexibility index (Phi) is 4.07. The van der Waals surface area contributed by atoms with Gasteiger partial charge in [0.1, 0.15) is 11.3 Å². The molecule has 0 aliphatic heterocycles. The highest BCUT2D eigenvalue weighted by molar-refractivity contribution is 7.60. The molecule has 5 N–H and O–H groups in total. The quantitative estimate of drug-likeness (QED) is 0.403. The zero-order valence-electron chi connectivity index (χ0n) is 8.79. The van der Waals surface area contributed by atoms with E-state index in [-0.39, 0.29) is 11.8 Å². The Hall–Kier alpha value is -1.90. The fourth-order valence-electron chi connectivity index (χ4n) is 1.12. The van der Waals surface area contributed by atoms with E-state index in [4.69, 9.17) is 20.0 Å². The van der Waals surface area contributed by atoms with Crippen LogP contribution in [0, 0.1) is 0 Å². The maximum atomic E-state index is 10.9. The number of nitrogens with one attached hydrogen (secondary N) is 1. The summed E-state index contributed by atoms with van der Waals surface area (Å²) < 4.78 is 11.8. The third-order valence-electron chi connectivity index (χ3n) is 1.92. The lowest BCUT2D eigenvalue weighted by atomic mass is 10.3. The predicted octanol–water partition coefficient (Wildman–Crippen LogP) is -1.59. The van der Waals surface area contributed by atoms with Gasteiger partial charge in [0.2, 0.25) is 0 Å². The molecular weight excluding hydrogens is 269 g/mol. The molecular formula is C7H10N3O7P. The Morgan fingerprint density at radius 1 is 1.44 bits per heavy atom. The van der Waals surface area contributed by atoms with Gasteiger partial charge in [-0.05, 0) is 0 Å². The first kappa shape index (κ1) is 14.2. The van der Waals surface area contributed by atoms with Crippen LogP contribution in [0.25, 0.3) is 0 Å². The molecule has 0 fully saturated rings. The SMILES string of the molecule is O=C(O)N[C@@H](Cn1cc(P(=O)(O)O)cn1)C(=O)O. The maximum Gasteiger partial charge on any atom is 0.405 e. The fourth-order valence-corrected chi connectivity index (χ4v) is 1.61. The van der Waals surface area contributed by atoms with Crippen LogP contribution in [0.2, 0.25) is 0 Å². The van der Waals surface area contributed by atoms with Crippen molar-refractivity contribution in [3.05, 3.63) is 12.4 Å². The van der Waals surface area contributed by atoms with E-state index < -0.39 is 25.7 Å². The third-order valence-corrected chi connectivity index (χ3v) is 2.83. The maximum absolute atomic E-state index is 10.9. The van der Waals surface area contributed by atoms with E-state index in [1.807, 2.05) is 0 Å². The first-order chi connectivity index (χ1) is 8.20. The Labute approximate surface area is 100 Å². The van der Waals surface area contributed by atoms with Crippen LogP contribution in [-0.4, -0.2) is 47.9 Å². The van der Waals surface area contributed by atoms with Gasteiger partial charge in [-0.15, -0.1) is 0 Å². The van der Waals surface area contributed by atoms with Crippen molar-refractivity contribution in [1.82, 2.24) is 15.1 Å². The average molecular weight is 279 g/mol. The molecule has 1 atom stereocenters. The molecule has 0 spiro atoms. The summed E-state index contributed by atoms with van der Waals surface area (Å²) in [6.45, 7) is -0.387. The monoisotopic (exact) mass is 279 g/mol. The minimum absolute atomic E-state index is 0.373. The van der Waals surface area contributed by atoms with Crippen molar-refractivity contribution in [2.75, 3.05) is 0 Å². The number of hydrogen-bond donors (Lipinski definition) is 5. The topological polar surface area (TPSA) is 162 Å². The zero-order chi connectivity index (χ0) is 13.9. The molecule has 1 aromatic rings. The number of carboxylic acid groups (broad SMARTS) is 2. The van der Waals surface area contributed by atoms with Crippen molar-refractivity contribution >= 4 is 25.0 Å². The van der Waals surface area contributed by atoms with Gasteiger partial charge >= 0.3 is 19.7 Å². The van der Waals surface area contributed by atoms with Gasteiger partial charge in [-0.1, -0.05) is 0 Å². The van der Waals surface area contributed by atoms with E-state index in [2.05, 4.69) is 5.10 Å². The molecule has 0 aromatic carbocycles. The Morgan fingerprint density at radius 2 is 2.06 bits per heavy atom. The van der Waals surface area contributed by atoms with Gasteiger partial charge in [0, 0.05) is 6.20 Å². The van der Waals surface area contributed by atoms with Crippen LogP contribution in [-0.2, 0) is 15.9 Å². The standard InChI is InChI=1S/C7H10N3O7P/c11-6(12)5(9-7(13)14)3-10-2-4(1-8-10)18(15,16)17/h1-2,5,9H,3H2,(H,11,12)(H,13,14)(H2,15,16,17)/t5-/m0/s1. The highest BCUT2D eigenvalue weighted by Gasteiger charge is 2.23. The summed E-state index contributed by atoms with van der Waals surface area (Å²) in [6.07, 6.45) is 0.325. The molecule has 1 heterocycles. The van der Waals surface area contributed by atoms with Crippen LogP contribution in [0.4, 0.5) is 4.79 Å². The largest absolute Gasteiger partial charge is 0.480 e.